The summed E-state index contributed by atoms with van der Waals surface area (Å²) in [5.41, 5.74) is 2.01. The summed E-state index contributed by atoms with van der Waals surface area (Å²) in [6.45, 7) is 2.15. The maximum atomic E-state index is 4.29. The molecule has 2 aromatic heterocycles. The Hall–Kier alpha value is -2.23. The predicted octanol–water partition coefficient (Wildman–Crippen LogP) is 2.18. The fourth-order valence-electron chi connectivity index (χ4n) is 2.23. The van der Waals surface area contributed by atoms with Gasteiger partial charge in [-0.15, -0.1) is 5.10 Å². The van der Waals surface area contributed by atoms with Crippen LogP contribution in [0, 0.1) is 0 Å². The second-order valence-corrected chi connectivity index (χ2v) is 4.23. The molecule has 4 heteroatoms. The van der Waals surface area contributed by atoms with Crippen molar-refractivity contribution in [1.29, 1.82) is 0 Å². The Labute approximate surface area is 105 Å². The summed E-state index contributed by atoms with van der Waals surface area (Å²) in [7, 11) is 0. The summed E-state index contributed by atoms with van der Waals surface area (Å²) < 4.78 is 4.14. The minimum Gasteiger partial charge on any atom is -0.182 e. The van der Waals surface area contributed by atoms with Gasteiger partial charge in [0.15, 0.2) is 12.4 Å². The molecule has 3 aromatic rings. The van der Waals surface area contributed by atoms with E-state index in [1.54, 1.807) is 0 Å². The number of para-hydroxylation sites is 1. The Kier molecular flexibility index (Phi) is 2.76. The molecular weight excluding hydrogens is 224 g/mol. The Morgan fingerprint density at radius 1 is 1.11 bits per heavy atom. The van der Waals surface area contributed by atoms with Gasteiger partial charge in [0.05, 0.1) is 5.52 Å². The fraction of sp³-hybridized carbons (Fsp3) is 0.214. The van der Waals surface area contributed by atoms with Crippen molar-refractivity contribution in [2.75, 3.05) is 0 Å². The van der Waals surface area contributed by atoms with E-state index in [1.165, 1.54) is 0 Å². The summed E-state index contributed by atoms with van der Waals surface area (Å²) in [5, 5.41) is 8.50. The minimum absolute atomic E-state index is 0.165. The van der Waals surface area contributed by atoms with Crippen LogP contribution in [0.3, 0.4) is 0 Å². The summed E-state index contributed by atoms with van der Waals surface area (Å²) in [4.78, 5) is 0. The number of aromatic nitrogens is 4. The number of pyridine rings is 1. The van der Waals surface area contributed by atoms with E-state index in [0.29, 0.717) is 0 Å². The van der Waals surface area contributed by atoms with Gasteiger partial charge < -0.3 is 0 Å². The molecule has 0 aliphatic carbocycles. The lowest BCUT2D eigenvalue weighted by atomic mass is 10.3. The van der Waals surface area contributed by atoms with E-state index >= 15 is 0 Å². The molecule has 0 fully saturated rings. The van der Waals surface area contributed by atoms with Gasteiger partial charge in [0.2, 0.25) is 0 Å². The van der Waals surface area contributed by atoms with Crippen molar-refractivity contribution in [3.05, 3.63) is 54.9 Å². The molecule has 90 valence electrons. The first-order valence-electron chi connectivity index (χ1n) is 6.16. The number of benzene rings is 1. The van der Waals surface area contributed by atoms with E-state index in [-0.39, 0.29) is 6.17 Å². The highest BCUT2D eigenvalue weighted by atomic mass is 15.5. The van der Waals surface area contributed by atoms with Crippen molar-refractivity contribution in [2.24, 2.45) is 0 Å². The number of rotatable bonds is 3. The Morgan fingerprint density at radius 2 is 1.89 bits per heavy atom. The van der Waals surface area contributed by atoms with Crippen LogP contribution in [0.15, 0.2) is 54.9 Å². The number of hydrogen-bond donors (Lipinski definition) is 0. The highest BCUT2D eigenvalue weighted by Crippen LogP contribution is 2.15. The normalized spacial score (nSPS) is 12.7. The van der Waals surface area contributed by atoms with Crippen LogP contribution < -0.4 is 4.57 Å². The molecule has 0 spiro atoms. The second-order valence-electron chi connectivity index (χ2n) is 4.23. The van der Waals surface area contributed by atoms with Crippen LogP contribution in [-0.4, -0.2) is 15.0 Å². The van der Waals surface area contributed by atoms with Crippen molar-refractivity contribution in [1.82, 2.24) is 15.0 Å². The van der Waals surface area contributed by atoms with Crippen LogP contribution in [0.4, 0.5) is 0 Å². The van der Waals surface area contributed by atoms with Crippen LogP contribution in [0.2, 0.25) is 0 Å². The van der Waals surface area contributed by atoms with E-state index < -0.39 is 0 Å². The molecule has 0 saturated carbocycles. The number of nitrogens with zero attached hydrogens (tertiary/aromatic N) is 4. The first-order chi connectivity index (χ1) is 8.90. The summed E-state index contributed by atoms with van der Waals surface area (Å²) >= 11 is 0. The van der Waals surface area contributed by atoms with Gasteiger partial charge in [-0.2, -0.15) is 9.25 Å². The molecule has 0 bridgehead atoms. The van der Waals surface area contributed by atoms with Gasteiger partial charge >= 0.3 is 0 Å². The molecule has 0 saturated heterocycles. The van der Waals surface area contributed by atoms with Crippen LogP contribution in [0.1, 0.15) is 19.5 Å². The lowest BCUT2D eigenvalue weighted by molar-refractivity contribution is -0.729. The van der Waals surface area contributed by atoms with Gasteiger partial charge in [-0.1, -0.05) is 30.3 Å². The third-order valence-electron chi connectivity index (χ3n) is 3.11. The molecule has 0 radical (unpaired) electrons. The van der Waals surface area contributed by atoms with Gasteiger partial charge in [-0.3, -0.25) is 0 Å². The average molecular weight is 239 g/mol. The summed E-state index contributed by atoms with van der Waals surface area (Å²) in [6.07, 6.45) is 5.25. The monoisotopic (exact) mass is 239 g/mol. The third kappa shape index (κ3) is 1.76. The molecule has 1 aromatic carbocycles. The predicted molar refractivity (Wildman–Crippen MR) is 68.9 cm³/mol. The lowest BCUT2D eigenvalue weighted by Gasteiger charge is -2.10. The fourth-order valence-corrected chi connectivity index (χ4v) is 2.23. The molecule has 3 rings (SSSR count). The van der Waals surface area contributed by atoms with Gasteiger partial charge in [0, 0.05) is 18.6 Å². The molecule has 18 heavy (non-hydrogen) atoms. The van der Waals surface area contributed by atoms with Crippen molar-refractivity contribution < 1.29 is 4.57 Å². The highest BCUT2D eigenvalue weighted by molar-refractivity contribution is 5.73. The molecule has 0 amide bonds. The first kappa shape index (κ1) is 10.9. The van der Waals surface area contributed by atoms with E-state index in [4.69, 9.17) is 0 Å². The summed E-state index contributed by atoms with van der Waals surface area (Å²) in [5.74, 6) is 0. The zero-order valence-electron chi connectivity index (χ0n) is 10.3. The largest absolute Gasteiger partial charge is 0.253 e. The number of hydrogen-bond acceptors (Lipinski definition) is 2. The molecule has 0 aliphatic heterocycles. The standard InChI is InChI=1S/C14H15N4/c1-2-14(17-10-6-3-7-11-17)18-13-9-5-4-8-12(13)15-16-18/h3-11,14H,2H2,1H3/q+1. The van der Waals surface area contributed by atoms with Crippen molar-refractivity contribution in [3.8, 4) is 0 Å². The van der Waals surface area contributed by atoms with Crippen LogP contribution in [0.5, 0.6) is 0 Å². The number of fused-ring (bicyclic) bond motifs is 1. The quantitative estimate of drug-likeness (QED) is 0.656. The van der Waals surface area contributed by atoms with Crippen molar-refractivity contribution >= 4 is 11.0 Å². The second kappa shape index (κ2) is 4.56. The van der Waals surface area contributed by atoms with Gasteiger partial charge in [-0.05, 0) is 12.1 Å². The minimum atomic E-state index is 0.165. The van der Waals surface area contributed by atoms with E-state index in [1.807, 2.05) is 41.1 Å². The van der Waals surface area contributed by atoms with Crippen molar-refractivity contribution in [2.45, 2.75) is 19.5 Å². The molecular formula is C14H15N4+. The van der Waals surface area contributed by atoms with Crippen molar-refractivity contribution in [3.63, 3.8) is 0 Å². The molecule has 2 heterocycles. The Morgan fingerprint density at radius 3 is 2.67 bits per heavy atom. The molecule has 4 nitrogen and oxygen atoms in total. The maximum Gasteiger partial charge on any atom is 0.253 e. The zero-order chi connectivity index (χ0) is 12.4. The lowest BCUT2D eigenvalue weighted by Crippen LogP contribution is -2.42. The van der Waals surface area contributed by atoms with Crippen LogP contribution in [-0.2, 0) is 0 Å². The molecule has 1 atom stereocenters. The Balaban J connectivity index is 2.12. The van der Waals surface area contributed by atoms with Crippen LogP contribution in [0.25, 0.3) is 11.0 Å². The third-order valence-corrected chi connectivity index (χ3v) is 3.11. The molecule has 0 aliphatic rings. The van der Waals surface area contributed by atoms with Gasteiger partial charge in [0.25, 0.3) is 6.17 Å². The Bertz CT molecular complexity index is 645. The SMILES string of the molecule is CCC(n1nnc2ccccc21)[n+]1ccccc1. The van der Waals surface area contributed by atoms with Gasteiger partial charge in [-0.25, -0.2) is 0 Å². The zero-order valence-corrected chi connectivity index (χ0v) is 10.3. The van der Waals surface area contributed by atoms with E-state index in [9.17, 15) is 0 Å². The first-order valence-corrected chi connectivity index (χ1v) is 6.16. The van der Waals surface area contributed by atoms with E-state index in [2.05, 4.69) is 40.3 Å². The topological polar surface area (TPSA) is 34.6 Å². The maximum absolute atomic E-state index is 4.29. The highest BCUT2D eigenvalue weighted by Gasteiger charge is 2.21. The summed E-state index contributed by atoms with van der Waals surface area (Å²) in [6, 6.07) is 14.1. The smallest absolute Gasteiger partial charge is 0.182 e. The van der Waals surface area contributed by atoms with Gasteiger partial charge in [0.1, 0.15) is 5.52 Å². The molecule has 1 unspecified atom stereocenters. The van der Waals surface area contributed by atoms with E-state index in [0.717, 1.165) is 17.5 Å². The van der Waals surface area contributed by atoms with Crippen LogP contribution >= 0.6 is 0 Å². The average Bonchev–Trinajstić information content (AvgIpc) is 2.85. The molecule has 0 N–H and O–H groups in total.